The Kier molecular flexibility index (Phi) is 8.26. The van der Waals surface area contributed by atoms with Crippen molar-refractivity contribution >= 4 is 16.0 Å². The molecule has 0 atom stereocenters. The third-order valence-electron chi connectivity index (χ3n) is 4.94. The van der Waals surface area contributed by atoms with Gasteiger partial charge in [0.15, 0.2) is 0 Å². The lowest BCUT2D eigenvalue weighted by atomic mass is 10.2. The molecular weight excluding hydrogens is 364 g/mol. The zero-order valence-electron chi connectivity index (χ0n) is 16.7. The van der Waals surface area contributed by atoms with Crippen molar-refractivity contribution in [2.75, 3.05) is 39.3 Å². The number of unbranched alkanes of at least 4 members (excludes halogenated alkanes) is 2. The molecule has 0 bridgehead atoms. The van der Waals surface area contributed by atoms with Crippen molar-refractivity contribution in [3.05, 3.63) is 29.3 Å². The number of ether oxygens (including phenoxy) is 1. The van der Waals surface area contributed by atoms with Gasteiger partial charge in [-0.15, -0.1) is 0 Å². The number of aryl methyl sites for hydroxylation is 2. The van der Waals surface area contributed by atoms with Crippen LogP contribution in [0, 0.1) is 13.8 Å². The zero-order chi connectivity index (χ0) is 19.9. The van der Waals surface area contributed by atoms with E-state index in [-0.39, 0.29) is 5.97 Å². The van der Waals surface area contributed by atoms with E-state index in [9.17, 15) is 13.2 Å². The summed E-state index contributed by atoms with van der Waals surface area (Å²) in [6, 6.07) is 5.49. The van der Waals surface area contributed by atoms with E-state index in [0.29, 0.717) is 31.0 Å². The summed E-state index contributed by atoms with van der Waals surface area (Å²) in [5, 5.41) is 0. The van der Waals surface area contributed by atoms with Gasteiger partial charge in [0.2, 0.25) is 10.0 Å². The first-order valence-corrected chi connectivity index (χ1v) is 11.2. The third kappa shape index (κ3) is 6.30. The van der Waals surface area contributed by atoms with Crippen molar-refractivity contribution in [1.82, 2.24) is 9.21 Å². The molecule has 1 heterocycles. The lowest BCUT2D eigenvalue weighted by Gasteiger charge is -2.34. The first kappa shape index (κ1) is 21.9. The minimum Gasteiger partial charge on any atom is -0.466 e. The number of nitrogens with zero attached hydrogens (tertiary/aromatic N) is 2. The maximum Gasteiger partial charge on any atom is 0.305 e. The molecule has 152 valence electrons. The van der Waals surface area contributed by atoms with Gasteiger partial charge in [-0.1, -0.05) is 24.1 Å². The molecule has 2 rings (SSSR count). The van der Waals surface area contributed by atoms with Gasteiger partial charge in [-0.2, -0.15) is 4.31 Å². The number of esters is 1. The fourth-order valence-electron chi connectivity index (χ4n) is 3.44. The molecule has 0 saturated carbocycles. The molecule has 0 N–H and O–H groups in total. The molecule has 0 spiro atoms. The predicted octanol–water partition coefficient (Wildman–Crippen LogP) is 2.73. The molecule has 0 aliphatic carbocycles. The summed E-state index contributed by atoms with van der Waals surface area (Å²) in [7, 11) is -3.42. The van der Waals surface area contributed by atoms with Gasteiger partial charge in [-0.05, 0) is 51.8 Å². The monoisotopic (exact) mass is 396 g/mol. The summed E-state index contributed by atoms with van der Waals surface area (Å²) in [5.41, 5.74) is 1.87. The van der Waals surface area contributed by atoms with E-state index >= 15 is 0 Å². The number of hydrogen-bond donors (Lipinski definition) is 0. The highest BCUT2D eigenvalue weighted by molar-refractivity contribution is 7.89. The minimum absolute atomic E-state index is 0.122. The van der Waals surface area contributed by atoms with Crippen LogP contribution in [0.15, 0.2) is 23.1 Å². The van der Waals surface area contributed by atoms with Crippen LogP contribution in [0.25, 0.3) is 0 Å². The van der Waals surface area contributed by atoms with Crippen LogP contribution >= 0.6 is 0 Å². The predicted molar refractivity (Wildman–Crippen MR) is 106 cm³/mol. The molecule has 0 aromatic heterocycles. The fraction of sp³-hybridized carbons (Fsp3) is 0.650. The minimum atomic E-state index is -3.42. The highest BCUT2D eigenvalue weighted by atomic mass is 32.2. The van der Waals surface area contributed by atoms with E-state index in [2.05, 4.69) is 4.90 Å². The lowest BCUT2D eigenvalue weighted by Crippen LogP contribution is -2.48. The van der Waals surface area contributed by atoms with Crippen molar-refractivity contribution in [1.29, 1.82) is 0 Å². The molecule has 1 aliphatic rings. The van der Waals surface area contributed by atoms with Crippen LogP contribution in [0.1, 0.15) is 43.7 Å². The second-order valence-corrected chi connectivity index (χ2v) is 9.04. The van der Waals surface area contributed by atoms with Gasteiger partial charge in [-0.25, -0.2) is 8.42 Å². The Hall–Kier alpha value is -1.44. The van der Waals surface area contributed by atoms with Crippen molar-refractivity contribution in [2.45, 2.75) is 51.3 Å². The topological polar surface area (TPSA) is 66.9 Å². The maximum absolute atomic E-state index is 12.9. The first-order chi connectivity index (χ1) is 12.8. The summed E-state index contributed by atoms with van der Waals surface area (Å²) in [5.74, 6) is -0.122. The SMILES string of the molecule is CCOC(=O)CCCCCN1CCN(S(=O)(=O)c2ccc(C)cc2C)CC1. The van der Waals surface area contributed by atoms with E-state index in [1.165, 1.54) is 0 Å². The average Bonchev–Trinajstić information content (AvgIpc) is 2.62. The molecule has 1 aliphatic heterocycles. The highest BCUT2D eigenvalue weighted by Crippen LogP contribution is 2.22. The second kappa shape index (κ2) is 10.2. The summed E-state index contributed by atoms with van der Waals surface area (Å²) < 4.78 is 32.3. The Balaban J connectivity index is 1.75. The number of sulfonamides is 1. The molecule has 1 fully saturated rings. The molecule has 0 amide bonds. The van der Waals surface area contributed by atoms with E-state index in [1.54, 1.807) is 10.4 Å². The molecule has 0 unspecified atom stereocenters. The molecule has 1 saturated heterocycles. The average molecular weight is 397 g/mol. The second-order valence-electron chi connectivity index (χ2n) is 7.13. The van der Waals surface area contributed by atoms with Crippen LogP contribution in [0.2, 0.25) is 0 Å². The van der Waals surface area contributed by atoms with Gasteiger partial charge >= 0.3 is 5.97 Å². The van der Waals surface area contributed by atoms with Crippen molar-refractivity contribution in [2.24, 2.45) is 0 Å². The van der Waals surface area contributed by atoms with Crippen LogP contribution in [-0.4, -0.2) is 62.9 Å². The Labute approximate surface area is 163 Å². The number of rotatable bonds is 9. The molecule has 7 heteroatoms. The number of benzene rings is 1. The van der Waals surface area contributed by atoms with Crippen molar-refractivity contribution < 1.29 is 17.9 Å². The number of piperazine rings is 1. The van der Waals surface area contributed by atoms with Gasteiger partial charge in [0, 0.05) is 32.6 Å². The summed E-state index contributed by atoms with van der Waals surface area (Å²) in [6.07, 6.45) is 3.33. The normalized spacial score (nSPS) is 16.4. The number of hydrogen-bond acceptors (Lipinski definition) is 5. The van der Waals surface area contributed by atoms with E-state index in [0.717, 1.165) is 50.0 Å². The van der Waals surface area contributed by atoms with Crippen LogP contribution < -0.4 is 0 Å². The number of carbonyl (C=O) groups excluding carboxylic acids is 1. The third-order valence-corrected chi connectivity index (χ3v) is 7.00. The first-order valence-electron chi connectivity index (χ1n) is 9.80. The van der Waals surface area contributed by atoms with E-state index in [1.807, 2.05) is 32.9 Å². The van der Waals surface area contributed by atoms with Gasteiger partial charge in [0.25, 0.3) is 0 Å². The van der Waals surface area contributed by atoms with Crippen LogP contribution in [0.4, 0.5) is 0 Å². The van der Waals surface area contributed by atoms with Crippen LogP contribution in [-0.2, 0) is 19.6 Å². The Morgan fingerprint density at radius 1 is 1.07 bits per heavy atom. The highest BCUT2D eigenvalue weighted by Gasteiger charge is 2.29. The van der Waals surface area contributed by atoms with Gasteiger partial charge in [0.05, 0.1) is 11.5 Å². The fourth-order valence-corrected chi connectivity index (χ4v) is 5.06. The van der Waals surface area contributed by atoms with Crippen LogP contribution in [0.3, 0.4) is 0 Å². The zero-order valence-corrected chi connectivity index (χ0v) is 17.6. The lowest BCUT2D eigenvalue weighted by molar-refractivity contribution is -0.143. The summed E-state index contributed by atoms with van der Waals surface area (Å²) >= 11 is 0. The summed E-state index contributed by atoms with van der Waals surface area (Å²) in [4.78, 5) is 14.0. The Bertz CT molecular complexity index is 725. The van der Waals surface area contributed by atoms with Gasteiger partial charge in [0.1, 0.15) is 0 Å². The molecule has 27 heavy (non-hydrogen) atoms. The summed E-state index contributed by atoms with van der Waals surface area (Å²) in [6.45, 7) is 9.58. The van der Waals surface area contributed by atoms with E-state index in [4.69, 9.17) is 4.74 Å². The Morgan fingerprint density at radius 3 is 2.41 bits per heavy atom. The molecule has 0 radical (unpaired) electrons. The van der Waals surface area contributed by atoms with Crippen molar-refractivity contribution in [3.8, 4) is 0 Å². The standard InChI is InChI=1S/C20H32N2O4S/c1-4-26-20(23)8-6-5-7-11-21-12-14-22(15-13-21)27(24,25)19-10-9-17(2)16-18(19)3/h9-10,16H,4-8,11-15H2,1-3H3. The smallest absolute Gasteiger partial charge is 0.305 e. The Morgan fingerprint density at radius 2 is 1.78 bits per heavy atom. The van der Waals surface area contributed by atoms with Gasteiger partial charge in [-0.3, -0.25) is 4.79 Å². The molecular formula is C20H32N2O4S. The molecule has 6 nitrogen and oxygen atoms in total. The van der Waals surface area contributed by atoms with Crippen molar-refractivity contribution in [3.63, 3.8) is 0 Å². The quantitative estimate of drug-likeness (QED) is 0.474. The largest absolute Gasteiger partial charge is 0.466 e. The van der Waals surface area contributed by atoms with Gasteiger partial charge < -0.3 is 9.64 Å². The van der Waals surface area contributed by atoms with Crippen LogP contribution in [0.5, 0.6) is 0 Å². The maximum atomic E-state index is 12.9. The molecule has 1 aromatic carbocycles. The number of carbonyl (C=O) groups is 1. The van der Waals surface area contributed by atoms with E-state index < -0.39 is 10.0 Å². The molecule has 1 aromatic rings.